The van der Waals surface area contributed by atoms with Crippen molar-refractivity contribution in [3.05, 3.63) is 86.2 Å². The maximum atomic E-state index is 12.7. The van der Waals surface area contributed by atoms with Crippen molar-refractivity contribution in [3.63, 3.8) is 0 Å². The number of hydrogen-bond acceptors (Lipinski definition) is 4. The minimum atomic E-state index is -1.08. The summed E-state index contributed by atoms with van der Waals surface area (Å²) in [5.41, 5.74) is 1.74. The van der Waals surface area contributed by atoms with E-state index in [0.29, 0.717) is 22.6 Å². The minimum Gasteiger partial charge on any atom is -0.458 e. The van der Waals surface area contributed by atoms with E-state index in [0.717, 1.165) is 14.7 Å². The van der Waals surface area contributed by atoms with Crippen molar-refractivity contribution in [3.8, 4) is 5.75 Å². The van der Waals surface area contributed by atoms with Crippen LogP contribution >= 0.6 is 45.2 Å². The molecule has 0 radical (unpaired) electrons. The van der Waals surface area contributed by atoms with Gasteiger partial charge in [0.1, 0.15) is 15.4 Å². The van der Waals surface area contributed by atoms with Crippen molar-refractivity contribution in [1.82, 2.24) is 0 Å². The standard InChI is InChI=1S/C20H10I2O4/c21-14-7-3-6-12-17(14)25-18-13(8-9-15(23)16(18)22)20(12)11-5-2-1-4-10(11)19(24)26-20/h1-9,16H. The van der Waals surface area contributed by atoms with E-state index in [9.17, 15) is 9.59 Å². The van der Waals surface area contributed by atoms with Gasteiger partial charge in [-0.3, -0.25) is 4.79 Å². The van der Waals surface area contributed by atoms with E-state index in [1.54, 1.807) is 12.1 Å². The van der Waals surface area contributed by atoms with Gasteiger partial charge in [0.15, 0.2) is 11.4 Å². The SMILES string of the molecule is O=C1OC2(C3=C(Oc4c(I)cccc42)C(I)C(=O)C=C3)c2ccccc21. The molecule has 2 atom stereocenters. The van der Waals surface area contributed by atoms with E-state index in [1.165, 1.54) is 6.08 Å². The first-order valence-corrected chi connectivity index (χ1v) is 10.3. The third-order valence-electron chi connectivity index (χ3n) is 4.87. The van der Waals surface area contributed by atoms with Crippen LogP contribution in [0.5, 0.6) is 5.75 Å². The van der Waals surface area contributed by atoms with Gasteiger partial charge in [-0.15, -0.1) is 0 Å². The molecule has 2 heterocycles. The summed E-state index contributed by atoms with van der Waals surface area (Å²) in [7, 11) is 0. The fraction of sp³-hybridized carbons (Fsp3) is 0.100. The summed E-state index contributed by atoms with van der Waals surface area (Å²) in [5.74, 6) is 0.779. The van der Waals surface area contributed by atoms with Gasteiger partial charge < -0.3 is 9.47 Å². The minimum absolute atomic E-state index is 0.0357. The van der Waals surface area contributed by atoms with Crippen LogP contribution in [0.2, 0.25) is 0 Å². The molecule has 0 amide bonds. The van der Waals surface area contributed by atoms with Crippen molar-refractivity contribution < 1.29 is 19.1 Å². The van der Waals surface area contributed by atoms with Gasteiger partial charge >= 0.3 is 5.97 Å². The van der Waals surface area contributed by atoms with Crippen LogP contribution < -0.4 is 4.74 Å². The highest BCUT2D eigenvalue weighted by atomic mass is 127. The fourth-order valence-corrected chi connectivity index (χ4v) is 5.04. The number of carbonyl (C=O) groups excluding carboxylic acids is 2. The lowest BCUT2D eigenvalue weighted by Crippen LogP contribution is -2.39. The Bertz CT molecular complexity index is 1070. The molecular formula is C20H10I2O4. The second-order valence-electron chi connectivity index (χ2n) is 6.21. The third-order valence-corrected chi connectivity index (χ3v) is 6.90. The molecule has 0 aromatic heterocycles. The Balaban J connectivity index is 1.91. The van der Waals surface area contributed by atoms with E-state index >= 15 is 0 Å². The summed E-state index contributed by atoms with van der Waals surface area (Å²) < 4.78 is 12.7. The fourth-order valence-electron chi connectivity index (χ4n) is 3.76. The molecule has 0 saturated carbocycles. The van der Waals surface area contributed by atoms with E-state index in [2.05, 4.69) is 45.2 Å². The Morgan fingerprint density at radius 3 is 2.58 bits per heavy atom. The van der Waals surface area contributed by atoms with Crippen molar-refractivity contribution >= 4 is 56.9 Å². The lowest BCUT2D eigenvalue weighted by molar-refractivity contribution is -0.113. The van der Waals surface area contributed by atoms with E-state index < -0.39 is 9.53 Å². The number of fused-ring (bicyclic) bond motifs is 5. The first-order chi connectivity index (χ1) is 12.5. The lowest BCUT2D eigenvalue weighted by atomic mass is 9.75. The smallest absolute Gasteiger partial charge is 0.340 e. The van der Waals surface area contributed by atoms with Gasteiger partial charge in [-0.25, -0.2) is 4.79 Å². The van der Waals surface area contributed by atoms with Crippen LogP contribution in [0.25, 0.3) is 0 Å². The molecule has 128 valence electrons. The van der Waals surface area contributed by atoms with Crippen molar-refractivity contribution in [1.29, 1.82) is 0 Å². The summed E-state index contributed by atoms with van der Waals surface area (Å²) in [4.78, 5) is 24.9. The number of carbonyl (C=O) groups is 2. The van der Waals surface area contributed by atoms with Crippen LogP contribution in [0.15, 0.2) is 65.9 Å². The Morgan fingerprint density at radius 2 is 1.73 bits per heavy atom. The third kappa shape index (κ3) is 1.99. The van der Waals surface area contributed by atoms with Crippen molar-refractivity contribution in [2.24, 2.45) is 0 Å². The number of para-hydroxylation sites is 1. The van der Waals surface area contributed by atoms with Gasteiger partial charge in [0.05, 0.1) is 9.13 Å². The monoisotopic (exact) mass is 568 g/mol. The molecule has 0 bridgehead atoms. The predicted octanol–water partition coefficient (Wildman–Crippen LogP) is 4.29. The molecule has 2 aliphatic heterocycles. The van der Waals surface area contributed by atoms with Crippen LogP contribution in [-0.2, 0) is 15.1 Å². The van der Waals surface area contributed by atoms with Gasteiger partial charge in [0.25, 0.3) is 0 Å². The Labute approximate surface area is 176 Å². The quantitative estimate of drug-likeness (QED) is 0.271. The largest absolute Gasteiger partial charge is 0.458 e. The zero-order valence-corrected chi connectivity index (χ0v) is 17.5. The van der Waals surface area contributed by atoms with Crippen LogP contribution in [0.4, 0.5) is 0 Å². The van der Waals surface area contributed by atoms with E-state index in [4.69, 9.17) is 9.47 Å². The number of allylic oxidation sites excluding steroid dienone is 2. The van der Waals surface area contributed by atoms with Crippen LogP contribution in [0.1, 0.15) is 21.5 Å². The first kappa shape index (κ1) is 16.5. The molecular weight excluding hydrogens is 558 g/mol. The second kappa shape index (κ2) is 5.66. The van der Waals surface area contributed by atoms with Gasteiger partial charge in [0, 0.05) is 16.7 Å². The number of alkyl halides is 1. The number of ketones is 1. The van der Waals surface area contributed by atoms with Gasteiger partial charge in [0.2, 0.25) is 0 Å². The average Bonchev–Trinajstić information content (AvgIpc) is 2.94. The van der Waals surface area contributed by atoms with Crippen LogP contribution in [0, 0.1) is 3.57 Å². The summed E-state index contributed by atoms with van der Waals surface area (Å²) in [6.07, 6.45) is 3.26. The second-order valence-corrected chi connectivity index (χ2v) is 8.62. The molecule has 0 saturated heterocycles. The maximum absolute atomic E-state index is 12.7. The highest BCUT2D eigenvalue weighted by Gasteiger charge is 2.55. The van der Waals surface area contributed by atoms with Crippen LogP contribution in [0.3, 0.4) is 0 Å². The van der Waals surface area contributed by atoms with Gasteiger partial charge in [-0.05, 0) is 46.9 Å². The molecule has 0 fully saturated rings. The zero-order valence-electron chi connectivity index (χ0n) is 13.2. The van der Waals surface area contributed by atoms with E-state index in [1.807, 2.05) is 36.4 Å². The molecule has 3 aliphatic rings. The summed E-state index contributed by atoms with van der Waals surface area (Å²) in [6.45, 7) is 0. The molecule has 1 spiro atoms. The van der Waals surface area contributed by atoms with Crippen molar-refractivity contribution in [2.75, 3.05) is 0 Å². The number of ether oxygens (including phenoxy) is 2. The Hall–Kier alpha value is -1.68. The normalized spacial score (nSPS) is 25.5. The molecule has 2 aromatic carbocycles. The summed E-state index contributed by atoms with van der Waals surface area (Å²) in [6, 6.07) is 13.2. The molecule has 4 nitrogen and oxygen atoms in total. The number of benzene rings is 2. The topological polar surface area (TPSA) is 52.6 Å². The highest BCUT2D eigenvalue weighted by molar-refractivity contribution is 14.1. The van der Waals surface area contributed by atoms with Gasteiger partial charge in [-0.2, -0.15) is 0 Å². The predicted molar refractivity (Wildman–Crippen MR) is 111 cm³/mol. The summed E-state index contributed by atoms with van der Waals surface area (Å²) >= 11 is 4.28. The number of esters is 1. The molecule has 5 rings (SSSR count). The average molecular weight is 568 g/mol. The van der Waals surface area contributed by atoms with Gasteiger partial charge in [-0.1, -0.05) is 52.9 Å². The zero-order chi connectivity index (χ0) is 18.1. The molecule has 6 heteroatoms. The van der Waals surface area contributed by atoms with Crippen LogP contribution in [-0.4, -0.2) is 15.7 Å². The molecule has 0 N–H and O–H groups in total. The maximum Gasteiger partial charge on any atom is 0.340 e. The first-order valence-electron chi connectivity index (χ1n) is 7.94. The highest BCUT2D eigenvalue weighted by Crippen LogP contribution is 2.56. The molecule has 26 heavy (non-hydrogen) atoms. The number of hydrogen-bond donors (Lipinski definition) is 0. The van der Waals surface area contributed by atoms with E-state index in [-0.39, 0.29) is 11.8 Å². The molecule has 2 aromatic rings. The number of rotatable bonds is 0. The molecule has 1 aliphatic carbocycles. The van der Waals surface area contributed by atoms with Crippen molar-refractivity contribution in [2.45, 2.75) is 9.53 Å². The Kier molecular flexibility index (Phi) is 3.59. The Morgan fingerprint density at radius 1 is 0.962 bits per heavy atom. The number of halogens is 2. The lowest BCUT2D eigenvalue weighted by Gasteiger charge is -2.39. The summed E-state index contributed by atoms with van der Waals surface area (Å²) in [5, 5.41) is 0. The molecule has 2 unspecified atom stereocenters.